The zero-order chi connectivity index (χ0) is 12.5. The first-order valence-corrected chi connectivity index (χ1v) is 6.45. The minimum Gasteiger partial charge on any atom is -0.310 e. The molecule has 1 fully saturated rings. The zero-order valence-corrected chi connectivity index (χ0v) is 11.0. The van der Waals surface area contributed by atoms with Gasteiger partial charge in [0.15, 0.2) is 0 Å². The highest BCUT2D eigenvalue weighted by Crippen LogP contribution is 2.37. The van der Waals surface area contributed by atoms with Crippen LogP contribution in [-0.2, 0) is 6.54 Å². The Morgan fingerprint density at radius 2 is 2.18 bits per heavy atom. The molecule has 0 heterocycles. The molecular formula is C15H22FN. The first-order chi connectivity index (χ1) is 7.96. The molecule has 0 bridgehead atoms. The minimum absolute atomic E-state index is 0.140. The van der Waals surface area contributed by atoms with Gasteiger partial charge in [-0.15, -0.1) is 0 Å². The average molecular weight is 235 g/mol. The van der Waals surface area contributed by atoms with Crippen LogP contribution >= 0.6 is 0 Å². The molecule has 1 aromatic carbocycles. The van der Waals surface area contributed by atoms with Crippen LogP contribution in [0.5, 0.6) is 0 Å². The van der Waals surface area contributed by atoms with E-state index in [9.17, 15) is 4.39 Å². The summed E-state index contributed by atoms with van der Waals surface area (Å²) in [5.74, 6) is -0.140. The molecule has 0 aromatic heterocycles. The molecule has 0 spiro atoms. The van der Waals surface area contributed by atoms with Crippen molar-refractivity contribution < 1.29 is 4.39 Å². The lowest BCUT2D eigenvalue weighted by Crippen LogP contribution is -2.27. The fourth-order valence-corrected chi connectivity index (χ4v) is 2.70. The highest BCUT2D eigenvalue weighted by molar-refractivity contribution is 5.26. The summed E-state index contributed by atoms with van der Waals surface area (Å²) in [5.41, 5.74) is 2.71. The van der Waals surface area contributed by atoms with Crippen molar-refractivity contribution in [3.63, 3.8) is 0 Å². The SMILES string of the molecule is Cc1ccc(F)cc1CNC1CCC(C)(C)C1. The third kappa shape index (κ3) is 3.29. The fourth-order valence-electron chi connectivity index (χ4n) is 2.70. The molecule has 1 N–H and O–H groups in total. The summed E-state index contributed by atoms with van der Waals surface area (Å²) in [6, 6.07) is 5.61. The molecule has 0 radical (unpaired) electrons. The predicted octanol–water partition coefficient (Wildman–Crippen LogP) is 3.80. The van der Waals surface area contributed by atoms with E-state index in [1.165, 1.54) is 25.3 Å². The van der Waals surface area contributed by atoms with Crippen LogP contribution in [0.4, 0.5) is 4.39 Å². The summed E-state index contributed by atoms with van der Waals surface area (Å²) in [6.07, 6.45) is 3.75. The van der Waals surface area contributed by atoms with E-state index < -0.39 is 0 Å². The van der Waals surface area contributed by atoms with E-state index in [2.05, 4.69) is 19.2 Å². The van der Waals surface area contributed by atoms with E-state index in [1.807, 2.05) is 13.0 Å². The Hall–Kier alpha value is -0.890. The lowest BCUT2D eigenvalue weighted by molar-refractivity contribution is 0.364. The summed E-state index contributed by atoms with van der Waals surface area (Å²) in [4.78, 5) is 0. The maximum Gasteiger partial charge on any atom is 0.123 e. The molecule has 1 saturated carbocycles. The van der Waals surface area contributed by atoms with E-state index in [-0.39, 0.29) is 5.82 Å². The maximum absolute atomic E-state index is 13.1. The predicted molar refractivity (Wildman–Crippen MR) is 69.4 cm³/mol. The quantitative estimate of drug-likeness (QED) is 0.840. The van der Waals surface area contributed by atoms with Crippen LogP contribution < -0.4 is 5.32 Å². The van der Waals surface area contributed by atoms with Crippen molar-refractivity contribution in [1.82, 2.24) is 5.32 Å². The molecule has 0 amide bonds. The average Bonchev–Trinajstić information content (AvgIpc) is 2.60. The maximum atomic E-state index is 13.1. The Balaban J connectivity index is 1.92. The fraction of sp³-hybridized carbons (Fsp3) is 0.600. The van der Waals surface area contributed by atoms with Gasteiger partial charge in [0.25, 0.3) is 0 Å². The van der Waals surface area contributed by atoms with Gasteiger partial charge in [0.2, 0.25) is 0 Å². The second-order valence-electron chi connectivity index (χ2n) is 6.06. The van der Waals surface area contributed by atoms with Gasteiger partial charge in [-0.25, -0.2) is 4.39 Å². The third-order valence-corrected chi connectivity index (χ3v) is 3.86. The molecule has 2 heteroatoms. The first kappa shape index (κ1) is 12.6. The Morgan fingerprint density at radius 3 is 2.82 bits per heavy atom. The van der Waals surface area contributed by atoms with Crippen molar-refractivity contribution in [2.75, 3.05) is 0 Å². The molecule has 94 valence electrons. The van der Waals surface area contributed by atoms with Crippen molar-refractivity contribution in [2.45, 2.75) is 52.6 Å². The van der Waals surface area contributed by atoms with Crippen LogP contribution in [0.25, 0.3) is 0 Å². The van der Waals surface area contributed by atoms with Gasteiger partial charge in [0.1, 0.15) is 5.82 Å². The second-order valence-corrected chi connectivity index (χ2v) is 6.06. The Morgan fingerprint density at radius 1 is 1.41 bits per heavy atom. The summed E-state index contributed by atoms with van der Waals surface area (Å²) in [6.45, 7) is 7.46. The monoisotopic (exact) mass is 235 g/mol. The van der Waals surface area contributed by atoms with Gasteiger partial charge in [-0.1, -0.05) is 19.9 Å². The van der Waals surface area contributed by atoms with Crippen LogP contribution in [-0.4, -0.2) is 6.04 Å². The molecule has 1 aromatic rings. The molecule has 1 aliphatic carbocycles. The summed E-state index contributed by atoms with van der Waals surface area (Å²) in [7, 11) is 0. The van der Waals surface area contributed by atoms with Crippen LogP contribution in [0.2, 0.25) is 0 Å². The Labute approximate surface area is 103 Å². The highest BCUT2D eigenvalue weighted by atomic mass is 19.1. The minimum atomic E-state index is -0.140. The van der Waals surface area contributed by atoms with Gasteiger partial charge in [0.05, 0.1) is 0 Å². The van der Waals surface area contributed by atoms with Gasteiger partial charge >= 0.3 is 0 Å². The summed E-state index contributed by atoms with van der Waals surface area (Å²) in [5, 5.41) is 3.55. The van der Waals surface area contributed by atoms with Gasteiger partial charge < -0.3 is 5.32 Å². The number of halogens is 1. The number of aryl methyl sites for hydroxylation is 1. The van der Waals surface area contributed by atoms with Gasteiger partial charge in [0, 0.05) is 12.6 Å². The molecule has 0 aliphatic heterocycles. The van der Waals surface area contributed by atoms with E-state index in [4.69, 9.17) is 0 Å². The van der Waals surface area contributed by atoms with Gasteiger partial charge in [-0.2, -0.15) is 0 Å². The molecule has 1 atom stereocenters. The van der Waals surface area contributed by atoms with Gasteiger partial charge in [-0.05, 0) is 54.9 Å². The normalized spacial score (nSPS) is 22.9. The molecule has 1 nitrogen and oxygen atoms in total. The highest BCUT2D eigenvalue weighted by Gasteiger charge is 2.30. The Kier molecular flexibility index (Phi) is 3.53. The number of hydrogen-bond acceptors (Lipinski definition) is 1. The molecule has 2 rings (SSSR count). The smallest absolute Gasteiger partial charge is 0.123 e. The summed E-state index contributed by atoms with van der Waals surface area (Å²) >= 11 is 0. The molecule has 17 heavy (non-hydrogen) atoms. The van der Waals surface area contributed by atoms with Crippen molar-refractivity contribution >= 4 is 0 Å². The van der Waals surface area contributed by atoms with Crippen molar-refractivity contribution in [3.8, 4) is 0 Å². The van der Waals surface area contributed by atoms with Crippen LogP contribution in [0, 0.1) is 18.2 Å². The van der Waals surface area contributed by atoms with Gasteiger partial charge in [-0.3, -0.25) is 0 Å². The van der Waals surface area contributed by atoms with E-state index in [0.717, 1.165) is 17.7 Å². The standard InChI is InChI=1S/C15H22FN/c1-11-4-5-13(16)8-12(11)10-17-14-6-7-15(2,3)9-14/h4-5,8,14,17H,6-7,9-10H2,1-3H3. The summed E-state index contributed by atoms with van der Waals surface area (Å²) < 4.78 is 13.1. The number of nitrogens with one attached hydrogen (secondary N) is 1. The van der Waals surface area contributed by atoms with E-state index in [0.29, 0.717) is 11.5 Å². The van der Waals surface area contributed by atoms with E-state index >= 15 is 0 Å². The number of hydrogen-bond donors (Lipinski definition) is 1. The van der Waals surface area contributed by atoms with Crippen LogP contribution in [0.1, 0.15) is 44.2 Å². The van der Waals surface area contributed by atoms with Crippen molar-refractivity contribution in [2.24, 2.45) is 5.41 Å². The molecule has 0 saturated heterocycles. The molecule has 1 unspecified atom stereocenters. The third-order valence-electron chi connectivity index (χ3n) is 3.86. The largest absolute Gasteiger partial charge is 0.310 e. The zero-order valence-electron chi connectivity index (χ0n) is 11.0. The topological polar surface area (TPSA) is 12.0 Å². The second kappa shape index (κ2) is 4.77. The van der Waals surface area contributed by atoms with E-state index in [1.54, 1.807) is 6.07 Å². The van der Waals surface area contributed by atoms with Crippen LogP contribution in [0.3, 0.4) is 0 Å². The molecular weight excluding hydrogens is 213 g/mol. The lowest BCUT2D eigenvalue weighted by atomic mass is 9.92. The molecule has 1 aliphatic rings. The van der Waals surface area contributed by atoms with Crippen molar-refractivity contribution in [1.29, 1.82) is 0 Å². The number of rotatable bonds is 3. The number of benzene rings is 1. The lowest BCUT2D eigenvalue weighted by Gasteiger charge is -2.18. The van der Waals surface area contributed by atoms with Crippen molar-refractivity contribution in [3.05, 3.63) is 35.1 Å². The first-order valence-electron chi connectivity index (χ1n) is 6.45. The Bertz CT molecular complexity index is 398. The van der Waals surface area contributed by atoms with Crippen LogP contribution in [0.15, 0.2) is 18.2 Å².